The van der Waals surface area contributed by atoms with E-state index >= 15 is 0 Å². The molecule has 1 unspecified atom stereocenters. The number of likely N-dealkylation sites (tertiary alicyclic amines) is 1. The van der Waals surface area contributed by atoms with Crippen LogP contribution in [0.25, 0.3) is 0 Å². The minimum absolute atomic E-state index is 0.0418. The van der Waals surface area contributed by atoms with Crippen molar-refractivity contribution in [2.45, 2.75) is 58.1 Å². The van der Waals surface area contributed by atoms with E-state index in [9.17, 15) is 23.5 Å². The first-order chi connectivity index (χ1) is 17.2. The Bertz CT molecular complexity index is 1170. The summed E-state index contributed by atoms with van der Waals surface area (Å²) in [5.74, 6) is -3.68. The lowest BCUT2D eigenvalue weighted by atomic mass is 10.0. The van der Waals surface area contributed by atoms with Crippen molar-refractivity contribution in [1.82, 2.24) is 19.6 Å². The molecule has 0 spiro atoms. The molecule has 3 heterocycles. The maximum Gasteiger partial charge on any atom is 0.276 e. The van der Waals surface area contributed by atoms with Crippen LogP contribution in [0.1, 0.15) is 45.7 Å². The number of hydrogen-bond donors (Lipinski definition) is 1. The summed E-state index contributed by atoms with van der Waals surface area (Å²) in [7, 11) is 0. The van der Waals surface area contributed by atoms with Gasteiger partial charge >= 0.3 is 0 Å². The van der Waals surface area contributed by atoms with Gasteiger partial charge in [0.15, 0.2) is 5.69 Å². The number of carbonyl (C=O) groups is 2. The number of alkyl halides is 2. The Kier molecular flexibility index (Phi) is 6.48. The zero-order chi connectivity index (χ0) is 25.6. The smallest absolute Gasteiger partial charge is 0.276 e. The first kappa shape index (κ1) is 24.7. The fourth-order valence-corrected chi connectivity index (χ4v) is 5.53. The Morgan fingerprint density at radius 3 is 2.56 bits per heavy atom. The van der Waals surface area contributed by atoms with E-state index in [0.29, 0.717) is 19.5 Å². The van der Waals surface area contributed by atoms with Crippen LogP contribution >= 0.6 is 0 Å². The third-order valence-corrected chi connectivity index (χ3v) is 7.93. The van der Waals surface area contributed by atoms with E-state index in [-0.39, 0.29) is 24.7 Å². The minimum atomic E-state index is -3.19. The summed E-state index contributed by atoms with van der Waals surface area (Å²) in [6, 6.07) is 6.28. The van der Waals surface area contributed by atoms with Crippen molar-refractivity contribution in [3.05, 3.63) is 46.3 Å². The van der Waals surface area contributed by atoms with Gasteiger partial charge in [-0.2, -0.15) is 5.10 Å². The molecule has 0 radical (unpaired) electrons. The molecule has 2 aliphatic heterocycles. The first-order valence-corrected chi connectivity index (χ1v) is 12.7. The molecule has 3 aliphatic rings. The molecular weight excluding hydrogens is 468 g/mol. The Morgan fingerprint density at radius 2 is 1.83 bits per heavy atom. The highest BCUT2D eigenvalue weighted by molar-refractivity contribution is 5.94. The van der Waals surface area contributed by atoms with Gasteiger partial charge in [0.1, 0.15) is 12.6 Å². The molecule has 0 bridgehead atoms. The number of nitrogens with zero attached hydrogens (tertiary/aromatic N) is 5. The van der Waals surface area contributed by atoms with Crippen molar-refractivity contribution >= 4 is 17.5 Å². The van der Waals surface area contributed by atoms with Crippen LogP contribution in [0.2, 0.25) is 0 Å². The molecule has 2 aromatic rings. The number of amides is 2. The second-order valence-corrected chi connectivity index (χ2v) is 10.1. The maximum absolute atomic E-state index is 13.7. The summed E-state index contributed by atoms with van der Waals surface area (Å²) in [6.45, 7) is 6.45. The second kappa shape index (κ2) is 9.46. The third kappa shape index (κ3) is 4.47. The number of carbonyl (C=O) groups excluding carboxylic acids is 2. The molecule has 2 saturated heterocycles. The lowest BCUT2D eigenvalue weighted by Crippen LogP contribution is -2.52. The molecule has 5 rings (SSSR count). The predicted octanol–water partition coefficient (Wildman–Crippen LogP) is 2.18. The summed E-state index contributed by atoms with van der Waals surface area (Å²) >= 11 is 0. The van der Waals surface area contributed by atoms with Crippen LogP contribution in [-0.2, 0) is 24.2 Å². The molecule has 36 heavy (non-hydrogen) atoms. The normalized spacial score (nSPS) is 21.6. The molecule has 1 atom stereocenters. The number of anilines is 1. The van der Waals surface area contributed by atoms with Crippen molar-refractivity contribution in [2.75, 3.05) is 44.2 Å². The number of aromatic nitrogens is 2. The number of benzene rings is 1. The zero-order valence-corrected chi connectivity index (χ0v) is 20.8. The summed E-state index contributed by atoms with van der Waals surface area (Å²) < 4.78 is 29.0. The van der Waals surface area contributed by atoms with Crippen LogP contribution in [0, 0.1) is 13.8 Å². The lowest BCUT2D eigenvalue weighted by molar-refractivity contribution is -0.141. The quantitative estimate of drug-likeness (QED) is 0.695. The summed E-state index contributed by atoms with van der Waals surface area (Å²) in [5, 5.41) is 14.2. The van der Waals surface area contributed by atoms with Gasteiger partial charge in [-0.1, -0.05) is 12.1 Å². The number of aryl methyl sites for hydroxylation is 1. The predicted molar refractivity (Wildman–Crippen MR) is 130 cm³/mol. The van der Waals surface area contributed by atoms with Crippen LogP contribution in [-0.4, -0.2) is 87.8 Å². The van der Waals surface area contributed by atoms with Crippen LogP contribution in [0.5, 0.6) is 0 Å². The van der Waals surface area contributed by atoms with Crippen LogP contribution in [0.4, 0.5) is 14.5 Å². The molecule has 1 N–H and O–H groups in total. The number of fused-ring (bicyclic) bond motifs is 1. The maximum atomic E-state index is 13.7. The van der Waals surface area contributed by atoms with E-state index in [1.54, 1.807) is 4.68 Å². The highest BCUT2D eigenvalue weighted by Gasteiger charge is 2.45. The number of piperidine rings is 1. The molecule has 8 nitrogen and oxygen atoms in total. The van der Waals surface area contributed by atoms with Gasteiger partial charge < -0.3 is 19.8 Å². The van der Waals surface area contributed by atoms with Gasteiger partial charge in [-0.15, -0.1) is 0 Å². The number of halogens is 2. The van der Waals surface area contributed by atoms with Crippen LogP contribution in [0.3, 0.4) is 0 Å². The Balaban J connectivity index is 1.25. The van der Waals surface area contributed by atoms with E-state index in [4.69, 9.17) is 0 Å². The molecule has 2 fully saturated rings. The SMILES string of the molecule is Cc1cccc(N2CCN(C(=O)Cn3nc(C(=O)N4CCC(F)(F)C(O)C4)c4c3CCC4)CC2)c1C. The number of piperazine rings is 1. The monoisotopic (exact) mass is 501 g/mol. The number of aliphatic hydroxyl groups excluding tert-OH is 1. The fraction of sp³-hybridized carbons (Fsp3) is 0.577. The average molecular weight is 502 g/mol. The average Bonchev–Trinajstić information content (AvgIpc) is 3.46. The molecule has 1 aromatic heterocycles. The second-order valence-electron chi connectivity index (χ2n) is 10.1. The van der Waals surface area contributed by atoms with E-state index in [1.807, 2.05) is 4.90 Å². The summed E-state index contributed by atoms with van der Waals surface area (Å²) in [6.07, 6.45) is -0.198. The molecule has 1 aromatic carbocycles. The van der Waals surface area contributed by atoms with Gasteiger partial charge in [0, 0.05) is 56.1 Å². The van der Waals surface area contributed by atoms with Crippen molar-refractivity contribution in [3.63, 3.8) is 0 Å². The topological polar surface area (TPSA) is 81.9 Å². The van der Waals surface area contributed by atoms with Gasteiger partial charge in [-0.3, -0.25) is 14.3 Å². The molecule has 2 amide bonds. The third-order valence-electron chi connectivity index (χ3n) is 7.93. The lowest BCUT2D eigenvalue weighted by Gasteiger charge is -2.37. The number of hydrogen-bond acceptors (Lipinski definition) is 5. The van der Waals surface area contributed by atoms with Gasteiger partial charge in [-0.25, -0.2) is 8.78 Å². The largest absolute Gasteiger partial charge is 0.385 e. The number of β-amino-alcohol motifs (C(OH)–C–C–N with tert-alkyl or cyclic N) is 1. The van der Waals surface area contributed by atoms with E-state index in [0.717, 1.165) is 37.2 Å². The number of rotatable bonds is 4. The molecule has 194 valence electrons. The Hall–Kier alpha value is -3.01. The van der Waals surface area contributed by atoms with Crippen LogP contribution in [0.15, 0.2) is 18.2 Å². The standard InChI is InChI=1S/C26H33F2N5O3/c1-17-5-3-7-20(18(17)2)30-11-13-31(14-12-30)23(35)16-33-21-8-4-6-19(21)24(29-33)25(36)32-10-9-26(27,28)22(34)15-32/h3,5,7,22,34H,4,6,8-16H2,1-2H3. The first-order valence-electron chi connectivity index (χ1n) is 12.7. The highest BCUT2D eigenvalue weighted by Crippen LogP contribution is 2.31. The molecule has 10 heteroatoms. The highest BCUT2D eigenvalue weighted by atomic mass is 19.3. The summed E-state index contributed by atoms with van der Waals surface area (Å²) in [5.41, 5.74) is 5.62. The van der Waals surface area contributed by atoms with Crippen molar-refractivity contribution in [2.24, 2.45) is 0 Å². The molecule has 1 aliphatic carbocycles. The summed E-state index contributed by atoms with van der Waals surface area (Å²) in [4.78, 5) is 31.7. The Morgan fingerprint density at radius 1 is 1.08 bits per heavy atom. The van der Waals surface area contributed by atoms with Gasteiger partial charge in [-0.05, 0) is 50.3 Å². The van der Waals surface area contributed by atoms with Crippen molar-refractivity contribution in [1.29, 1.82) is 0 Å². The Labute approximate surface area is 209 Å². The number of aliphatic hydroxyl groups is 1. The van der Waals surface area contributed by atoms with E-state index in [2.05, 4.69) is 42.0 Å². The molecule has 0 saturated carbocycles. The fourth-order valence-electron chi connectivity index (χ4n) is 5.53. The van der Waals surface area contributed by atoms with E-state index < -0.39 is 30.9 Å². The molecular formula is C26H33F2N5O3. The van der Waals surface area contributed by atoms with Gasteiger partial charge in [0.2, 0.25) is 5.91 Å². The van der Waals surface area contributed by atoms with Gasteiger partial charge in [0.05, 0.1) is 6.54 Å². The van der Waals surface area contributed by atoms with E-state index in [1.165, 1.54) is 21.7 Å². The van der Waals surface area contributed by atoms with Crippen LogP contribution < -0.4 is 4.90 Å². The van der Waals surface area contributed by atoms with Gasteiger partial charge in [0.25, 0.3) is 11.8 Å². The zero-order valence-electron chi connectivity index (χ0n) is 20.8. The van der Waals surface area contributed by atoms with Crippen molar-refractivity contribution < 1.29 is 23.5 Å². The minimum Gasteiger partial charge on any atom is -0.385 e. The van der Waals surface area contributed by atoms with Crippen molar-refractivity contribution in [3.8, 4) is 0 Å².